The van der Waals surface area contributed by atoms with Crippen molar-refractivity contribution in [3.05, 3.63) is 53.1 Å². The van der Waals surface area contributed by atoms with Crippen LogP contribution in [0, 0.1) is 6.92 Å². The fraction of sp³-hybridized carbons (Fsp3) is 0.368. The number of nitrogens with two attached hydrogens (primary N) is 1. The standard InChI is InChI=1S/C19H25N/c1-12(2)15-9-10-17(18(11-15)13(3)4)16-7-6-8-19(20)14(16)5/h6-13H,20H2,1-5H3. The van der Waals surface area contributed by atoms with Crippen molar-refractivity contribution < 1.29 is 0 Å². The van der Waals surface area contributed by atoms with Crippen molar-refractivity contribution in [2.75, 3.05) is 5.73 Å². The zero-order chi connectivity index (χ0) is 14.9. The SMILES string of the molecule is Cc1c(N)cccc1-c1ccc(C(C)C)cc1C(C)C. The predicted octanol–water partition coefficient (Wildman–Crippen LogP) is 5.49. The predicted molar refractivity (Wildman–Crippen MR) is 89.2 cm³/mol. The minimum Gasteiger partial charge on any atom is -0.398 e. The van der Waals surface area contributed by atoms with Crippen LogP contribution in [0.25, 0.3) is 11.1 Å². The van der Waals surface area contributed by atoms with Gasteiger partial charge in [-0.3, -0.25) is 0 Å². The molecule has 0 atom stereocenters. The van der Waals surface area contributed by atoms with Gasteiger partial charge in [0.1, 0.15) is 0 Å². The molecule has 1 nitrogen and oxygen atoms in total. The molecule has 0 bridgehead atoms. The summed E-state index contributed by atoms with van der Waals surface area (Å²) in [6, 6.07) is 13.0. The van der Waals surface area contributed by atoms with Gasteiger partial charge in [-0.05, 0) is 52.6 Å². The van der Waals surface area contributed by atoms with Gasteiger partial charge in [-0.2, -0.15) is 0 Å². The van der Waals surface area contributed by atoms with E-state index in [0.29, 0.717) is 11.8 Å². The second kappa shape index (κ2) is 5.70. The van der Waals surface area contributed by atoms with E-state index in [-0.39, 0.29) is 0 Å². The van der Waals surface area contributed by atoms with Crippen LogP contribution < -0.4 is 5.73 Å². The molecule has 2 aromatic rings. The van der Waals surface area contributed by atoms with E-state index in [1.807, 2.05) is 12.1 Å². The lowest BCUT2D eigenvalue weighted by molar-refractivity contribution is 0.835. The van der Waals surface area contributed by atoms with Gasteiger partial charge in [0, 0.05) is 5.69 Å². The number of hydrogen-bond acceptors (Lipinski definition) is 1. The Labute approximate surface area is 122 Å². The van der Waals surface area contributed by atoms with E-state index in [0.717, 1.165) is 5.69 Å². The summed E-state index contributed by atoms with van der Waals surface area (Å²) in [7, 11) is 0. The molecule has 1 heteroatoms. The lowest BCUT2D eigenvalue weighted by Gasteiger charge is -2.18. The van der Waals surface area contributed by atoms with Crippen LogP contribution in [0.5, 0.6) is 0 Å². The Hall–Kier alpha value is -1.76. The summed E-state index contributed by atoms with van der Waals surface area (Å²) < 4.78 is 0. The Morgan fingerprint density at radius 3 is 2.15 bits per heavy atom. The van der Waals surface area contributed by atoms with Crippen molar-refractivity contribution in [3.8, 4) is 11.1 Å². The average Bonchev–Trinajstić information content (AvgIpc) is 2.41. The third kappa shape index (κ3) is 2.72. The first-order valence-electron chi connectivity index (χ1n) is 7.41. The van der Waals surface area contributed by atoms with E-state index < -0.39 is 0 Å². The summed E-state index contributed by atoms with van der Waals surface area (Å²) in [6.07, 6.45) is 0. The van der Waals surface area contributed by atoms with Crippen molar-refractivity contribution >= 4 is 5.69 Å². The topological polar surface area (TPSA) is 26.0 Å². The second-order valence-corrected chi connectivity index (χ2v) is 6.18. The molecule has 20 heavy (non-hydrogen) atoms. The first kappa shape index (κ1) is 14.6. The zero-order valence-corrected chi connectivity index (χ0v) is 13.2. The summed E-state index contributed by atoms with van der Waals surface area (Å²) in [5.41, 5.74) is 13.5. The lowest BCUT2D eigenvalue weighted by atomic mass is 9.87. The maximum absolute atomic E-state index is 6.06. The monoisotopic (exact) mass is 267 g/mol. The van der Waals surface area contributed by atoms with Crippen LogP contribution in [0.1, 0.15) is 56.2 Å². The normalized spacial score (nSPS) is 11.3. The first-order chi connectivity index (χ1) is 9.41. The molecule has 0 aliphatic carbocycles. The molecule has 106 valence electrons. The zero-order valence-electron chi connectivity index (χ0n) is 13.2. The molecule has 0 saturated heterocycles. The van der Waals surface area contributed by atoms with Gasteiger partial charge in [0.2, 0.25) is 0 Å². The summed E-state index contributed by atoms with van der Waals surface area (Å²) in [5, 5.41) is 0. The fourth-order valence-corrected chi connectivity index (χ4v) is 2.61. The van der Waals surface area contributed by atoms with E-state index in [1.54, 1.807) is 0 Å². The Morgan fingerprint density at radius 1 is 0.850 bits per heavy atom. The number of hydrogen-bond donors (Lipinski definition) is 1. The van der Waals surface area contributed by atoms with Gasteiger partial charge in [0.15, 0.2) is 0 Å². The average molecular weight is 267 g/mol. The Kier molecular flexibility index (Phi) is 4.17. The van der Waals surface area contributed by atoms with Crippen molar-refractivity contribution in [3.63, 3.8) is 0 Å². The van der Waals surface area contributed by atoms with Gasteiger partial charge in [-0.25, -0.2) is 0 Å². The van der Waals surface area contributed by atoms with Crippen molar-refractivity contribution in [1.29, 1.82) is 0 Å². The van der Waals surface area contributed by atoms with Crippen LogP contribution in [-0.2, 0) is 0 Å². The van der Waals surface area contributed by atoms with Crippen LogP contribution >= 0.6 is 0 Å². The molecule has 0 aliphatic heterocycles. The molecule has 2 aromatic carbocycles. The molecular formula is C19H25N. The highest BCUT2D eigenvalue weighted by molar-refractivity contribution is 5.75. The van der Waals surface area contributed by atoms with Gasteiger partial charge in [0.25, 0.3) is 0 Å². The van der Waals surface area contributed by atoms with Gasteiger partial charge in [-0.1, -0.05) is 58.0 Å². The molecule has 2 N–H and O–H groups in total. The lowest BCUT2D eigenvalue weighted by Crippen LogP contribution is -1.99. The molecule has 0 aliphatic rings. The highest BCUT2D eigenvalue weighted by Crippen LogP contribution is 2.35. The molecule has 2 rings (SSSR count). The summed E-state index contributed by atoms with van der Waals surface area (Å²) >= 11 is 0. The third-order valence-corrected chi connectivity index (χ3v) is 4.03. The molecule has 0 aromatic heterocycles. The molecular weight excluding hydrogens is 242 g/mol. The third-order valence-electron chi connectivity index (χ3n) is 4.03. The van der Waals surface area contributed by atoms with Crippen LogP contribution in [0.3, 0.4) is 0 Å². The van der Waals surface area contributed by atoms with Crippen LogP contribution in [-0.4, -0.2) is 0 Å². The van der Waals surface area contributed by atoms with Gasteiger partial charge >= 0.3 is 0 Å². The van der Waals surface area contributed by atoms with Crippen molar-refractivity contribution in [1.82, 2.24) is 0 Å². The minimum absolute atomic E-state index is 0.504. The van der Waals surface area contributed by atoms with Gasteiger partial charge in [0.05, 0.1) is 0 Å². The highest BCUT2D eigenvalue weighted by atomic mass is 14.6. The van der Waals surface area contributed by atoms with Crippen LogP contribution in [0.2, 0.25) is 0 Å². The molecule has 0 unspecified atom stereocenters. The Balaban J connectivity index is 2.64. The van der Waals surface area contributed by atoms with E-state index in [9.17, 15) is 0 Å². The number of benzene rings is 2. The Morgan fingerprint density at radius 2 is 1.55 bits per heavy atom. The minimum atomic E-state index is 0.504. The first-order valence-corrected chi connectivity index (χ1v) is 7.41. The molecule has 0 amide bonds. The quantitative estimate of drug-likeness (QED) is 0.731. The smallest absolute Gasteiger partial charge is 0.0349 e. The maximum atomic E-state index is 6.06. The number of nitrogen functional groups attached to an aromatic ring is 1. The summed E-state index contributed by atoms with van der Waals surface area (Å²) in [6.45, 7) is 11.1. The molecule has 0 radical (unpaired) electrons. The molecule has 0 saturated carbocycles. The number of anilines is 1. The van der Waals surface area contributed by atoms with Gasteiger partial charge < -0.3 is 5.73 Å². The van der Waals surface area contributed by atoms with Crippen molar-refractivity contribution in [2.24, 2.45) is 0 Å². The van der Waals surface area contributed by atoms with Crippen molar-refractivity contribution in [2.45, 2.75) is 46.5 Å². The van der Waals surface area contributed by atoms with E-state index >= 15 is 0 Å². The summed E-state index contributed by atoms with van der Waals surface area (Å²) in [4.78, 5) is 0. The van der Waals surface area contributed by atoms with E-state index in [1.165, 1.54) is 27.8 Å². The van der Waals surface area contributed by atoms with Crippen LogP contribution in [0.15, 0.2) is 36.4 Å². The van der Waals surface area contributed by atoms with E-state index in [2.05, 4.69) is 58.9 Å². The van der Waals surface area contributed by atoms with E-state index in [4.69, 9.17) is 5.73 Å². The molecule has 0 heterocycles. The Bertz CT molecular complexity index is 609. The second-order valence-electron chi connectivity index (χ2n) is 6.18. The van der Waals surface area contributed by atoms with Gasteiger partial charge in [-0.15, -0.1) is 0 Å². The maximum Gasteiger partial charge on any atom is 0.0349 e. The molecule has 0 fully saturated rings. The highest BCUT2D eigenvalue weighted by Gasteiger charge is 2.13. The van der Waals surface area contributed by atoms with Crippen LogP contribution in [0.4, 0.5) is 5.69 Å². The fourth-order valence-electron chi connectivity index (χ4n) is 2.61. The number of rotatable bonds is 3. The largest absolute Gasteiger partial charge is 0.398 e. The summed E-state index contributed by atoms with van der Waals surface area (Å²) in [5.74, 6) is 1.06. The molecule has 0 spiro atoms.